The zero-order chi connectivity index (χ0) is 19.2. The van der Waals surface area contributed by atoms with Crippen LogP contribution in [-0.2, 0) is 0 Å². The highest BCUT2D eigenvalue weighted by Gasteiger charge is 2.22. The highest BCUT2D eigenvalue weighted by atomic mass is 35.5. The largest absolute Gasteiger partial charge is 0.491 e. The molecular weight excluding hydrogens is 407 g/mol. The molecule has 1 fully saturated rings. The van der Waals surface area contributed by atoms with Crippen LogP contribution in [0.3, 0.4) is 0 Å². The van der Waals surface area contributed by atoms with Crippen molar-refractivity contribution in [3.63, 3.8) is 0 Å². The van der Waals surface area contributed by atoms with Crippen molar-refractivity contribution in [2.45, 2.75) is 12.5 Å². The van der Waals surface area contributed by atoms with E-state index in [9.17, 15) is 9.90 Å². The Hall–Kier alpha value is -1.31. The second kappa shape index (κ2) is 9.75. The average Bonchev–Trinajstić information content (AvgIpc) is 3.09. The third kappa shape index (κ3) is 5.83. The van der Waals surface area contributed by atoms with E-state index < -0.39 is 6.10 Å². The highest BCUT2D eigenvalue weighted by Crippen LogP contribution is 2.26. The first-order valence-electron chi connectivity index (χ1n) is 8.84. The van der Waals surface area contributed by atoms with E-state index in [1.807, 2.05) is 22.4 Å². The molecule has 1 unspecified atom stereocenters. The van der Waals surface area contributed by atoms with Crippen LogP contribution in [0.4, 0.5) is 0 Å². The van der Waals surface area contributed by atoms with E-state index in [0.29, 0.717) is 28.9 Å². The number of thiophene rings is 1. The van der Waals surface area contributed by atoms with Gasteiger partial charge in [-0.25, -0.2) is 0 Å². The summed E-state index contributed by atoms with van der Waals surface area (Å²) in [4.78, 5) is 17.3. The monoisotopic (exact) mass is 428 g/mol. The van der Waals surface area contributed by atoms with Crippen molar-refractivity contribution in [2.75, 3.05) is 39.3 Å². The van der Waals surface area contributed by atoms with Crippen molar-refractivity contribution < 1.29 is 14.6 Å². The van der Waals surface area contributed by atoms with E-state index in [-0.39, 0.29) is 12.5 Å². The predicted octanol–water partition coefficient (Wildman–Crippen LogP) is 3.64. The molecule has 1 aromatic heterocycles. The Bertz CT molecular complexity index is 757. The number of hydrogen-bond acceptors (Lipinski definition) is 5. The maximum atomic E-state index is 12.5. The first-order chi connectivity index (χ1) is 13.0. The molecule has 1 aliphatic heterocycles. The molecular formula is C19H22Cl2N2O3S. The average molecular weight is 429 g/mol. The van der Waals surface area contributed by atoms with Gasteiger partial charge >= 0.3 is 0 Å². The number of amides is 1. The fraction of sp³-hybridized carbons (Fsp3) is 0.421. The van der Waals surface area contributed by atoms with Gasteiger partial charge in [0.15, 0.2) is 0 Å². The fourth-order valence-corrected chi connectivity index (χ4v) is 4.00. The maximum Gasteiger partial charge on any atom is 0.263 e. The molecule has 1 saturated heterocycles. The Morgan fingerprint density at radius 3 is 2.78 bits per heavy atom. The summed E-state index contributed by atoms with van der Waals surface area (Å²) in [6.45, 7) is 3.66. The Morgan fingerprint density at radius 2 is 2.04 bits per heavy atom. The number of aliphatic hydroxyl groups excluding tert-OH is 1. The van der Waals surface area contributed by atoms with Crippen molar-refractivity contribution in [3.05, 3.63) is 50.6 Å². The van der Waals surface area contributed by atoms with E-state index >= 15 is 0 Å². The summed E-state index contributed by atoms with van der Waals surface area (Å²) in [6.07, 6.45) is 0.260. The molecule has 1 aliphatic rings. The molecule has 27 heavy (non-hydrogen) atoms. The Kier molecular flexibility index (Phi) is 7.38. The lowest BCUT2D eigenvalue weighted by Crippen LogP contribution is -2.39. The van der Waals surface area contributed by atoms with Crippen LogP contribution in [0.2, 0.25) is 10.0 Å². The van der Waals surface area contributed by atoms with Crippen molar-refractivity contribution in [2.24, 2.45) is 0 Å². The van der Waals surface area contributed by atoms with Crippen molar-refractivity contribution >= 4 is 40.4 Å². The molecule has 1 atom stereocenters. The zero-order valence-electron chi connectivity index (χ0n) is 14.8. The number of rotatable bonds is 6. The molecule has 0 bridgehead atoms. The molecule has 2 aromatic rings. The van der Waals surface area contributed by atoms with Gasteiger partial charge in [-0.1, -0.05) is 29.3 Å². The summed E-state index contributed by atoms with van der Waals surface area (Å²) >= 11 is 13.3. The normalized spacial score (nSPS) is 16.8. The van der Waals surface area contributed by atoms with Crippen LogP contribution in [0.5, 0.6) is 5.75 Å². The Morgan fingerprint density at radius 1 is 1.19 bits per heavy atom. The predicted molar refractivity (Wildman–Crippen MR) is 109 cm³/mol. The second-order valence-corrected chi connectivity index (χ2v) is 8.23. The number of hydrogen-bond donors (Lipinski definition) is 1. The van der Waals surface area contributed by atoms with Crippen LogP contribution in [-0.4, -0.2) is 66.2 Å². The standard InChI is InChI=1S/C19H22Cl2N2O3S/c20-16-5-4-15(11-17(16)21)26-13-14(24)12-22-6-2-7-23(9-8-22)19(25)18-3-1-10-27-18/h1,3-5,10-11,14,24H,2,6-9,12-13H2. The van der Waals surface area contributed by atoms with Crippen molar-refractivity contribution in [1.29, 1.82) is 0 Å². The molecule has 0 radical (unpaired) electrons. The molecule has 1 aromatic carbocycles. The van der Waals surface area contributed by atoms with Gasteiger partial charge in [0.2, 0.25) is 0 Å². The Labute approximate surface area is 173 Å². The molecule has 8 heteroatoms. The summed E-state index contributed by atoms with van der Waals surface area (Å²) < 4.78 is 5.60. The quantitative estimate of drug-likeness (QED) is 0.762. The van der Waals surface area contributed by atoms with Gasteiger partial charge in [0, 0.05) is 32.2 Å². The van der Waals surface area contributed by atoms with Crippen molar-refractivity contribution in [1.82, 2.24) is 9.80 Å². The molecule has 1 amide bonds. The summed E-state index contributed by atoms with van der Waals surface area (Å²) in [6, 6.07) is 8.78. The van der Waals surface area contributed by atoms with Gasteiger partial charge in [0.05, 0.1) is 14.9 Å². The number of carbonyl (C=O) groups is 1. The second-order valence-electron chi connectivity index (χ2n) is 6.46. The van der Waals surface area contributed by atoms with Gasteiger partial charge in [0.1, 0.15) is 18.5 Å². The maximum absolute atomic E-state index is 12.5. The lowest BCUT2D eigenvalue weighted by Gasteiger charge is -2.24. The summed E-state index contributed by atoms with van der Waals surface area (Å²) in [5.74, 6) is 0.669. The molecule has 1 N–H and O–H groups in total. The van der Waals surface area contributed by atoms with Crippen LogP contribution < -0.4 is 4.74 Å². The smallest absolute Gasteiger partial charge is 0.263 e. The lowest BCUT2D eigenvalue weighted by molar-refractivity contribution is 0.0671. The van der Waals surface area contributed by atoms with Gasteiger partial charge < -0.3 is 14.7 Å². The van der Waals surface area contributed by atoms with Crippen LogP contribution in [0.25, 0.3) is 0 Å². The summed E-state index contributed by atoms with van der Waals surface area (Å²) in [7, 11) is 0. The minimum atomic E-state index is -0.626. The van der Waals surface area contributed by atoms with Crippen LogP contribution >= 0.6 is 34.5 Å². The first kappa shape index (κ1) is 20.4. The minimum absolute atomic E-state index is 0.0929. The number of carbonyl (C=O) groups excluding carboxylic acids is 1. The topological polar surface area (TPSA) is 53.0 Å². The summed E-state index contributed by atoms with van der Waals surface area (Å²) in [5, 5.41) is 13.1. The fourth-order valence-electron chi connectivity index (χ4n) is 3.02. The third-order valence-corrected chi connectivity index (χ3v) is 6.01. The molecule has 5 nitrogen and oxygen atoms in total. The van der Waals surface area contributed by atoms with Gasteiger partial charge in [0.25, 0.3) is 5.91 Å². The first-order valence-corrected chi connectivity index (χ1v) is 10.5. The van der Waals surface area contributed by atoms with E-state index in [0.717, 1.165) is 30.9 Å². The lowest BCUT2D eigenvalue weighted by atomic mass is 10.3. The van der Waals surface area contributed by atoms with E-state index in [1.54, 1.807) is 18.2 Å². The number of β-amino-alcohol motifs (C(OH)–C–C–N with tert-alkyl or cyclic N) is 1. The SMILES string of the molecule is O=C(c1cccs1)N1CCCN(CC(O)COc2ccc(Cl)c(Cl)c2)CC1. The third-order valence-electron chi connectivity index (χ3n) is 4.41. The zero-order valence-corrected chi connectivity index (χ0v) is 17.1. The molecule has 0 saturated carbocycles. The molecule has 3 rings (SSSR count). The van der Waals surface area contributed by atoms with Gasteiger partial charge in [-0.3, -0.25) is 9.69 Å². The molecule has 0 aliphatic carbocycles. The molecule has 146 valence electrons. The van der Waals surface area contributed by atoms with Crippen LogP contribution in [0.1, 0.15) is 16.1 Å². The van der Waals surface area contributed by atoms with Crippen molar-refractivity contribution in [3.8, 4) is 5.75 Å². The van der Waals surface area contributed by atoms with Crippen LogP contribution in [0, 0.1) is 0 Å². The number of aliphatic hydroxyl groups is 1. The molecule has 0 spiro atoms. The van der Waals surface area contributed by atoms with E-state index in [4.69, 9.17) is 27.9 Å². The minimum Gasteiger partial charge on any atom is -0.491 e. The number of ether oxygens (including phenoxy) is 1. The molecule has 2 heterocycles. The number of nitrogens with zero attached hydrogens (tertiary/aromatic N) is 2. The highest BCUT2D eigenvalue weighted by molar-refractivity contribution is 7.12. The van der Waals surface area contributed by atoms with Gasteiger partial charge in [-0.2, -0.15) is 0 Å². The van der Waals surface area contributed by atoms with E-state index in [2.05, 4.69) is 4.90 Å². The summed E-state index contributed by atoms with van der Waals surface area (Å²) in [5.41, 5.74) is 0. The Balaban J connectivity index is 1.45. The van der Waals surface area contributed by atoms with Gasteiger partial charge in [-0.15, -0.1) is 11.3 Å². The number of benzene rings is 1. The number of halogens is 2. The van der Waals surface area contributed by atoms with Crippen LogP contribution in [0.15, 0.2) is 35.7 Å². The van der Waals surface area contributed by atoms with E-state index in [1.165, 1.54) is 11.3 Å². The van der Waals surface area contributed by atoms with Gasteiger partial charge in [-0.05, 0) is 36.5 Å².